The number of benzene rings is 1. The van der Waals surface area contributed by atoms with Crippen LogP contribution in [0.3, 0.4) is 0 Å². The predicted molar refractivity (Wildman–Crippen MR) is 62.8 cm³/mol. The maximum absolute atomic E-state index is 5.89. The smallest absolute Gasteiger partial charge is 0.0938 e. The zero-order valence-electron chi connectivity index (χ0n) is 9.12. The molecule has 0 heterocycles. The van der Waals surface area contributed by atoms with Gasteiger partial charge in [0, 0.05) is 12.7 Å². The van der Waals surface area contributed by atoms with E-state index in [1.54, 1.807) is 0 Å². The summed E-state index contributed by atoms with van der Waals surface area (Å²) in [6, 6.07) is 7.88. The summed E-state index contributed by atoms with van der Waals surface area (Å²) in [6.45, 7) is 1.84. The SMILES string of the molecule is CNc1ccc(C(N)NNC(C)N)cc1. The van der Waals surface area contributed by atoms with Crippen molar-refractivity contribution in [3.63, 3.8) is 0 Å². The van der Waals surface area contributed by atoms with Crippen molar-refractivity contribution in [3.8, 4) is 0 Å². The zero-order valence-corrected chi connectivity index (χ0v) is 9.12. The van der Waals surface area contributed by atoms with E-state index in [-0.39, 0.29) is 12.3 Å². The molecule has 2 unspecified atom stereocenters. The van der Waals surface area contributed by atoms with Gasteiger partial charge in [-0.05, 0) is 24.6 Å². The predicted octanol–water partition coefficient (Wildman–Crippen LogP) is 0.0845. The molecule has 2 atom stereocenters. The molecule has 0 aliphatic carbocycles. The first kappa shape index (κ1) is 11.9. The van der Waals surface area contributed by atoms with Crippen molar-refractivity contribution >= 4 is 5.69 Å². The summed E-state index contributed by atoms with van der Waals surface area (Å²) in [7, 11) is 1.88. The maximum Gasteiger partial charge on any atom is 0.0938 e. The van der Waals surface area contributed by atoms with Crippen molar-refractivity contribution in [2.24, 2.45) is 11.5 Å². The average Bonchev–Trinajstić information content (AvgIpc) is 2.26. The Balaban J connectivity index is 2.54. The third-order valence-electron chi connectivity index (χ3n) is 2.02. The Kier molecular flexibility index (Phi) is 4.51. The fraction of sp³-hybridized carbons (Fsp3) is 0.400. The number of rotatable bonds is 5. The molecule has 15 heavy (non-hydrogen) atoms. The lowest BCUT2D eigenvalue weighted by molar-refractivity contribution is 0.400. The van der Waals surface area contributed by atoms with Crippen LogP contribution in [0.2, 0.25) is 0 Å². The molecule has 1 aromatic rings. The number of hydrogen-bond acceptors (Lipinski definition) is 5. The van der Waals surface area contributed by atoms with Crippen LogP contribution in [0, 0.1) is 0 Å². The standard InChI is InChI=1S/C10H19N5/c1-7(11)14-15-10(12)8-3-5-9(13-2)6-4-8/h3-7,10,13-15H,11-12H2,1-2H3. The molecule has 0 aliphatic heterocycles. The monoisotopic (exact) mass is 209 g/mol. The lowest BCUT2D eigenvalue weighted by atomic mass is 10.1. The fourth-order valence-corrected chi connectivity index (χ4v) is 1.16. The van der Waals surface area contributed by atoms with E-state index in [2.05, 4.69) is 16.2 Å². The molecular weight excluding hydrogens is 190 g/mol. The highest BCUT2D eigenvalue weighted by Gasteiger charge is 2.04. The van der Waals surface area contributed by atoms with Crippen LogP contribution in [0.5, 0.6) is 0 Å². The minimum Gasteiger partial charge on any atom is -0.388 e. The second-order valence-corrected chi connectivity index (χ2v) is 3.43. The van der Waals surface area contributed by atoms with Crippen LogP contribution in [0.25, 0.3) is 0 Å². The van der Waals surface area contributed by atoms with Crippen LogP contribution >= 0.6 is 0 Å². The summed E-state index contributed by atoms with van der Waals surface area (Å²) in [5, 5.41) is 3.05. The Hall–Kier alpha value is -1.14. The number of nitrogens with two attached hydrogens (primary N) is 2. The van der Waals surface area contributed by atoms with Gasteiger partial charge in [0.1, 0.15) is 0 Å². The summed E-state index contributed by atoms with van der Waals surface area (Å²) in [6.07, 6.45) is -0.394. The molecule has 0 radical (unpaired) electrons. The molecule has 0 aromatic heterocycles. The second kappa shape index (κ2) is 5.67. The van der Waals surface area contributed by atoms with Gasteiger partial charge in [0.25, 0.3) is 0 Å². The lowest BCUT2D eigenvalue weighted by Gasteiger charge is -2.17. The topological polar surface area (TPSA) is 88.1 Å². The van der Waals surface area contributed by atoms with Gasteiger partial charge < -0.3 is 16.8 Å². The van der Waals surface area contributed by atoms with Crippen molar-refractivity contribution in [2.45, 2.75) is 19.3 Å². The maximum atomic E-state index is 5.89. The van der Waals surface area contributed by atoms with Crippen LogP contribution in [0.1, 0.15) is 18.7 Å². The van der Waals surface area contributed by atoms with Gasteiger partial charge in [-0.25, -0.2) is 10.9 Å². The molecule has 1 rings (SSSR count). The highest BCUT2D eigenvalue weighted by molar-refractivity contribution is 5.44. The van der Waals surface area contributed by atoms with Crippen LogP contribution in [0.4, 0.5) is 5.69 Å². The van der Waals surface area contributed by atoms with E-state index in [1.165, 1.54) is 0 Å². The van der Waals surface area contributed by atoms with E-state index < -0.39 is 0 Å². The minimum atomic E-state index is -0.262. The second-order valence-electron chi connectivity index (χ2n) is 3.43. The molecular formula is C10H19N5. The summed E-state index contributed by atoms with van der Waals surface area (Å²) in [5.74, 6) is 0. The van der Waals surface area contributed by atoms with Crippen LogP contribution < -0.4 is 27.6 Å². The van der Waals surface area contributed by atoms with Crippen LogP contribution in [0.15, 0.2) is 24.3 Å². The van der Waals surface area contributed by atoms with E-state index >= 15 is 0 Å². The van der Waals surface area contributed by atoms with E-state index in [0.717, 1.165) is 11.3 Å². The Labute approximate surface area is 90.2 Å². The molecule has 84 valence electrons. The van der Waals surface area contributed by atoms with Gasteiger partial charge in [0.15, 0.2) is 0 Å². The van der Waals surface area contributed by atoms with E-state index in [4.69, 9.17) is 11.5 Å². The Bertz CT molecular complexity index is 282. The normalized spacial score (nSPS) is 14.7. The molecule has 0 aliphatic rings. The molecule has 0 spiro atoms. The molecule has 5 nitrogen and oxygen atoms in total. The first-order chi connectivity index (χ1) is 7.13. The molecule has 0 saturated heterocycles. The number of anilines is 1. The fourth-order valence-electron chi connectivity index (χ4n) is 1.16. The molecule has 1 aromatic carbocycles. The number of nitrogens with one attached hydrogen (secondary N) is 3. The van der Waals surface area contributed by atoms with Crippen molar-refractivity contribution in [2.75, 3.05) is 12.4 Å². The van der Waals surface area contributed by atoms with Gasteiger partial charge in [0.2, 0.25) is 0 Å². The van der Waals surface area contributed by atoms with Crippen LogP contribution in [-0.2, 0) is 0 Å². The van der Waals surface area contributed by atoms with Gasteiger partial charge >= 0.3 is 0 Å². The number of hydrogen-bond donors (Lipinski definition) is 5. The molecule has 5 heteroatoms. The molecule has 0 amide bonds. The average molecular weight is 209 g/mol. The molecule has 0 saturated carbocycles. The summed E-state index contributed by atoms with van der Waals surface area (Å²) in [5.41, 5.74) is 19.3. The highest BCUT2D eigenvalue weighted by Crippen LogP contribution is 2.11. The summed E-state index contributed by atoms with van der Waals surface area (Å²) >= 11 is 0. The van der Waals surface area contributed by atoms with Crippen molar-refractivity contribution < 1.29 is 0 Å². The quantitative estimate of drug-likeness (QED) is 0.350. The first-order valence-electron chi connectivity index (χ1n) is 4.93. The van der Waals surface area contributed by atoms with Crippen molar-refractivity contribution in [1.29, 1.82) is 0 Å². The van der Waals surface area contributed by atoms with Crippen molar-refractivity contribution in [3.05, 3.63) is 29.8 Å². The van der Waals surface area contributed by atoms with Gasteiger partial charge in [-0.3, -0.25) is 0 Å². The summed E-state index contributed by atoms with van der Waals surface area (Å²) in [4.78, 5) is 0. The molecule has 0 bridgehead atoms. The van der Waals surface area contributed by atoms with E-state index in [9.17, 15) is 0 Å². The van der Waals surface area contributed by atoms with E-state index in [0.29, 0.717) is 0 Å². The third-order valence-corrected chi connectivity index (χ3v) is 2.02. The van der Waals surface area contributed by atoms with Gasteiger partial charge in [-0.1, -0.05) is 12.1 Å². The lowest BCUT2D eigenvalue weighted by Crippen LogP contribution is -2.48. The Morgan fingerprint density at radius 3 is 2.13 bits per heavy atom. The Morgan fingerprint density at radius 1 is 1.07 bits per heavy atom. The first-order valence-corrected chi connectivity index (χ1v) is 4.93. The van der Waals surface area contributed by atoms with Gasteiger partial charge in [0.05, 0.1) is 12.3 Å². The third kappa shape index (κ3) is 3.85. The molecule has 7 N–H and O–H groups in total. The zero-order chi connectivity index (χ0) is 11.3. The van der Waals surface area contributed by atoms with Crippen LogP contribution in [-0.4, -0.2) is 13.2 Å². The van der Waals surface area contributed by atoms with E-state index in [1.807, 2.05) is 38.2 Å². The van der Waals surface area contributed by atoms with Gasteiger partial charge in [-0.2, -0.15) is 0 Å². The number of hydrazine groups is 1. The minimum absolute atomic E-state index is 0.132. The Morgan fingerprint density at radius 2 is 1.67 bits per heavy atom. The summed E-state index contributed by atoms with van der Waals surface area (Å²) < 4.78 is 0. The molecule has 0 fully saturated rings. The van der Waals surface area contributed by atoms with Gasteiger partial charge in [-0.15, -0.1) is 0 Å². The highest BCUT2D eigenvalue weighted by atomic mass is 15.4. The van der Waals surface area contributed by atoms with Crippen molar-refractivity contribution in [1.82, 2.24) is 10.9 Å². The largest absolute Gasteiger partial charge is 0.388 e.